The fraction of sp³-hybridized carbons (Fsp3) is 0.464. The Morgan fingerprint density at radius 3 is 2.09 bits per heavy atom. The first-order valence-electron chi connectivity index (χ1n) is 12.2. The molecule has 7 nitrogen and oxygen atoms in total. The second kappa shape index (κ2) is 11.4. The van der Waals surface area contributed by atoms with E-state index < -0.39 is 17.5 Å². The number of carboxylic acids is 1. The van der Waals surface area contributed by atoms with Gasteiger partial charge in [0.2, 0.25) is 5.91 Å². The molecule has 0 saturated heterocycles. The summed E-state index contributed by atoms with van der Waals surface area (Å²) in [5, 5.41) is 14.8. The second-order valence-corrected chi connectivity index (χ2v) is 10.4. The summed E-state index contributed by atoms with van der Waals surface area (Å²) < 4.78 is 5.60. The normalized spacial score (nSPS) is 13.6. The summed E-state index contributed by atoms with van der Waals surface area (Å²) in [4.78, 5) is 36.2. The first-order chi connectivity index (χ1) is 16.6. The van der Waals surface area contributed by atoms with Gasteiger partial charge in [-0.25, -0.2) is 4.79 Å². The topological polar surface area (TPSA) is 105 Å². The third-order valence-corrected chi connectivity index (χ3v) is 6.46. The van der Waals surface area contributed by atoms with Gasteiger partial charge in [-0.15, -0.1) is 0 Å². The number of hydrogen-bond donors (Lipinski definition) is 3. The van der Waals surface area contributed by atoms with E-state index in [9.17, 15) is 19.5 Å². The second-order valence-electron chi connectivity index (χ2n) is 10.4. The van der Waals surface area contributed by atoms with E-state index in [4.69, 9.17) is 4.74 Å². The van der Waals surface area contributed by atoms with E-state index in [1.54, 1.807) is 13.8 Å². The lowest BCUT2D eigenvalue weighted by molar-refractivity contribution is -0.146. The van der Waals surface area contributed by atoms with E-state index in [-0.39, 0.29) is 37.3 Å². The maximum atomic E-state index is 12.5. The smallest absolute Gasteiger partial charge is 0.407 e. The molecule has 0 aliphatic heterocycles. The van der Waals surface area contributed by atoms with Crippen LogP contribution in [0.3, 0.4) is 0 Å². The molecule has 3 N–H and O–H groups in total. The number of alkyl carbamates (subject to hydrolysis) is 1. The van der Waals surface area contributed by atoms with E-state index in [1.165, 1.54) is 11.1 Å². The molecular formula is C28H36N2O5. The lowest BCUT2D eigenvalue weighted by Gasteiger charge is -2.22. The van der Waals surface area contributed by atoms with Gasteiger partial charge in [0.25, 0.3) is 0 Å². The highest BCUT2D eigenvalue weighted by Crippen LogP contribution is 2.44. The number of aliphatic carboxylic acids is 1. The van der Waals surface area contributed by atoms with Crippen molar-refractivity contribution in [3.8, 4) is 11.1 Å². The first-order valence-corrected chi connectivity index (χ1v) is 12.2. The summed E-state index contributed by atoms with van der Waals surface area (Å²) >= 11 is 0. The van der Waals surface area contributed by atoms with Crippen LogP contribution in [0.4, 0.5) is 4.79 Å². The van der Waals surface area contributed by atoms with Crippen molar-refractivity contribution in [3.63, 3.8) is 0 Å². The number of amides is 2. The Bertz CT molecular complexity index is 1020. The molecule has 0 saturated carbocycles. The number of carboxylic acid groups (broad SMARTS) is 1. The Balaban J connectivity index is 1.53. The molecule has 1 unspecified atom stereocenters. The molecular weight excluding hydrogens is 444 g/mol. The van der Waals surface area contributed by atoms with Gasteiger partial charge in [0.1, 0.15) is 6.61 Å². The standard InChI is InChI=1S/C28H36N2O5/c1-18(2)13-19(14-25(31)30-17-28(3,4)26(32)33)15-29-27(34)35-16-24-22-11-7-5-9-20(22)21-10-6-8-12-23(21)24/h5-12,18-19,24H,13-17H2,1-4H3,(H,29,34)(H,30,31)(H,32,33). The summed E-state index contributed by atoms with van der Waals surface area (Å²) in [7, 11) is 0. The predicted molar refractivity (Wildman–Crippen MR) is 135 cm³/mol. The highest BCUT2D eigenvalue weighted by atomic mass is 16.5. The number of carbonyl (C=O) groups excluding carboxylic acids is 2. The number of carbonyl (C=O) groups is 3. The molecule has 3 rings (SSSR count). The van der Waals surface area contributed by atoms with Crippen LogP contribution < -0.4 is 10.6 Å². The summed E-state index contributed by atoms with van der Waals surface area (Å²) in [6, 6.07) is 16.3. The zero-order valence-electron chi connectivity index (χ0n) is 21.0. The van der Waals surface area contributed by atoms with Crippen molar-refractivity contribution in [1.29, 1.82) is 0 Å². The Kier molecular flexibility index (Phi) is 8.54. The van der Waals surface area contributed by atoms with Crippen LogP contribution in [-0.2, 0) is 14.3 Å². The van der Waals surface area contributed by atoms with Gasteiger partial charge < -0.3 is 20.5 Å². The van der Waals surface area contributed by atoms with Gasteiger partial charge in [-0.3, -0.25) is 9.59 Å². The van der Waals surface area contributed by atoms with Gasteiger partial charge in [-0.05, 0) is 54.4 Å². The van der Waals surface area contributed by atoms with Crippen LogP contribution >= 0.6 is 0 Å². The maximum absolute atomic E-state index is 12.5. The van der Waals surface area contributed by atoms with Gasteiger partial charge in [0.15, 0.2) is 0 Å². The number of nitrogens with one attached hydrogen (secondary N) is 2. The molecule has 2 aromatic carbocycles. The molecule has 1 atom stereocenters. The molecule has 1 aliphatic rings. The number of rotatable bonds is 11. The van der Waals surface area contributed by atoms with Crippen molar-refractivity contribution < 1.29 is 24.2 Å². The maximum Gasteiger partial charge on any atom is 0.407 e. The van der Waals surface area contributed by atoms with Crippen LogP contribution in [0.25, 0.3) is 11.1 Å². The third-order valence-electron chi connectivity index (χ3n) is 6.46. The fourth-order valence-electron chi connectivity index (χ4n) is 4.51. The van der Waals surface area contributed by atoms with E-state index in [2.05, 4.69) is 48.7 Å². The van der Waals surface area contributed by atoms with Gasteiger partial charge >= 0.3 is 12.1 Å². The minimum Gasteiger partial charge on any atom is -0.481 e. The average Bonchev–Trinajstić information content (AvgIpc) is 3.13. The van der Waals surface area contributed by atoms with Gasteiger partial charge in [0, 0.05) is 25.4 Å². The van der Waals surface area contributed by atoms with Crippen LogP contribution in [0, 0.1) is 17.3 Å². The number of benzene rings is 2. The molecule has 1 aliphatic carbocycles. The van der Waals surface area contributed by atoms with Crippen molar-refractivity contribution in [2.24, 2.45) is 17.3 Å². The SMILES string of the molecule is CC(C)CC(CNC(=O)OCC1c2ccccc2-c2ccccc21)CC(=O)NCC(C)(C)C(=O)O. The summed E-state index contributed by atoms with van der Waals surface area (Å²) in [6.45, 7) is 7.86. The molecule has 35 heavy (non-hydrogen) atoms. The summed E-state index contributed by atoms with van der Waals surface area (Å²) in [6.07, 6.45) is 0.449. The summed E-state index contributed by atoms with van der Waals surface area (Å²) in [5.74, 6) is -0.938. The van der Waals surface area contributed by atoms with Crippen LogP contribution in [0.15, 0.2) is 48.5 Å². The van der Waals surface area contributed by atoms with Gasteiger partial charge in [0.05, 0.1) is 5.41 Å². The van der Waals surface area contributed by atoms with Crippen molar-refractivity contribution in [3.05, 3.63) is 59.7 Å². The minimum absolute atomic E-state index is 0.0111. The molecule has 2 amide bonds. The number of fused-ring (bicyclic) bond motifs is 3. The Morgan fingerprint density at radius 2 is 1.54 bits per heavy atom. The third kappa shape index (κ3) is 6.84. The van der Waals surface area contributed by atoms with Crippen molar-refractivity contribution in [1.82, 2.24) is 10.6 Å². The van der Waals surface area contributed by atoms with E-state index in [0.717, 1.165) is 17.5 Å². The van der Waals surface area contributed by atoms with Crippen molar-refractivity contribution >= 4 is 18.0 Å². The Labute approximate surface area is 207 Å². The van der Waals surface area contributed by atoms with Crippen LogP contribution in [-0.4, -0.2) is 42.8 Å². The fourth-order valence-corrected chi connectivity index (χ4v) is 4.51. The molecule has 188 valence electrons. The monoisotopic (exact) mass is 480 g/mol. The van der Waals surface area contributed by atoms with Crippen LogP contribution in [0.1, 0.15) is 57.6 Å². The van der Waals surface area contributed by atoms with Crippen molar-refractivity contribution in [2.45, 2.75) is 46.5 Å². The molecule has 0 radical (unpaired) electrons. The van der Waals surface area contributed by atoms with Crippen molar-refractivity contribution in [2.75, 3.05) is 19.7 Å². The van der Waals surface area contributed by atoms with E-state index in [1.807, 2.05) is 24.3 Å². The zero-order valence-corrected chi connectivity index (χ0v) is 21.0. The lowest BCUT2D eigenvalue weighted by Crippen LogP contribution is -2.40. The molecule has 0 aromatic heterocycles. The van der Waals surface area contributed by atoms with Gasteiger partial charge in [-0.1, -0.05) is 62.4 Å². The molecule has 7 heteroatoms. The van der Waals surface area contributed by atoms with Gasteiger partial charge in [-0.2, -0.15) is 0 Å². The predicted octanol–water partition coefficient (Wildman–Crippen LogP) is 4.80. The molecule has 0 bridgehead atoms. The zero-order chi connectivity index (χ0) is 25.6. The van der Waals surface area contributed by atoms with Crippen LogP contribution in [0.2, 0.25) is 0 Å². The largest absolute Gasteiger partial charge is 0.481 e. The molecule has 2 aromatic rings. The lowest BCUT2D eigenvalue weighted by atomic mass is 9.92. The highest BCUT2D eigenvalue weighted by molar-refractivity contribution is 5.80. The highest BCUT2D eigenvalue weighted by Gasteiger charge is 2.30. The molecule has 0 heterocycles. The summed E-state index contributed by atoms with van der Waals surface area (Å²) in [5.41, 5.74) is 3.61. The number of hydrogen-bond acceptors (Lipinski definition) is 4. The first kappa shape index (κ1) is 26.3. The quantitative estimate of drug-likeness (QED) is 0.428. The average molecular weight is 481 g/mol. The Hall–Kier alpha value is -3.35. The van der Waals surface area contributed by atoms with E-state index >= 15 is 0 Å². The molecule has 0 spiro atoms. The molecule has 0 fully saturated rings. The van der Waals surface area contributed by atoms with Crippen LogP contribution in [0.5, 0.6) is 0 Å². The number of ether oxygens (including phenoxy) is 1. The minimum atomic E-state index is -1.04. The van der Waals surface area contributed by atoms with E-state index in [0.29, 0.717) is 12.5 Å². The Morgan fingerprint density at radius 1 is 0.971 bits per heavy atom.